The first-order valence-corrected chi connectivity index (χ1v) is 3.45. The summed E-state index contributed by atoms with van der Waals surface area (Å²) in [6.45, 7) is 8.30. The second-order valence-electron chi connectivity index (χ2n) is 1.83. The number of rotatable bonds is 4. The molecule has 0 saturated carbocycles. The predicted molar refractivity (Wildman–Crippen MR) is 42.1 cm³/mol. The van der Waals surface area contributed by atoms with Crippen molar-refractivity contribution in [3.8, 4) is 0 Å². The van der Waals surface area contributed by atoms with Crippen LogP contribution in [0.15, 0.2) is 12.2 Å². The Morgan fingerprint density at radius 3 is 2.25 bits per heavy atom. The van der Waals surface area contributed by atoms with Crippen molar-refractivity contribution >= 4 is 11.9 Å². The SMILES string of the molecule is C=C(C(=O)OC[CH2+])C(=O)OCC. The average molecular weight is 171 g/mol. The third kappa shape index (κ3) is 3.09. The van der Waals surface area contributed by atoms with Crippen molar-refractivity contribution in [2.24, 2.45) is 0 Å². The third-order valence-electron chi connectivity index (χ3n) is 1.00. The number of carbonyl (C=O) groups excluding carboxylic acids is 2. The van der Waals surface area contributed by atoms with Gasteiger partial charge in [-0.25, -0.2) is 9.59 Å². The van der Waals surface area contributed by atoms with Crippen LogP contribution in [0.25, 0.3) is 0 Å². The molecular weight excluding hydrogens is 160 g/mol. The monoisotopic (exact) mass is 171 g/mol. The maximum absolute atomic E-state index is 10.8. The van der Waals surface area contributed by atoms with Gasteiger partial charge in [-0.2, -0.15) is 0 Å². The van der Waals surface area contributed by atoms with Gasteiger partial charge >= 0.3 is 11.9 Å². The number of hydrogen-bond donors (Lipinski definition) is 0. The van der Waals surface area contributed by atoms with Gasteiger partial charge in [-0.1, -0.05) is 6.58 Å². The molecule has 0 spiro atoms. The second-order valence-corrected chi connectivity index (χ2v) is 1.83. The smallest absolute Gasteiger partial charge is 0.348 e. The van der Waals surface area contributed by atoms with E-state index in [1.54, 1.807) is 6.92 Å². The van der Waals surface area contributed by atoms with Crippen LogP contribution < -0.4 is 0 Å². The predicted octanol–water partition coefficient (Wildman–Crippen LogP) is 0.483. The van der Waals surface area contributed by atoms with Gasteiger partial charge in [-0.05, 0) is 6.92 Å². The summed E-state index contributed by atoms with van der Waals surface area (Å²) in [6, 6.07) is 0. The van der Waals surface area contributed by atoms with Crippen molar-refractivity contribution in [1.29, 1.82) is 0 Å². The van der Waals surface area contributed by atoms with Gasteiger partial charge in [0.1, 0.15) is 12.5 Å². The molecule has 0 bridgehead atoms. The lowest BCUT2D eigenvalue weighted by Crippen LogP contribution is -2.17. The van der Waals surface area contributed by atoms with Crippen LogP contribution in [0, 0.1) is 6.92 Å². The number of esters is 2. The van der Waals surface area contributed by atoms with Crippen molar-refractivity contribution in [3.05, 3.63) is 19.1 Å². The molecule has 0 aromatic heterocycles. The highest BCUT2D eigenvalue weighted by Crippen LogP contribution is 1.97. The standard InChI is InChI=1S/C8H11O4/c1-4-11-7(9)6(3)8(10)12-5-2/h1,3-5H2,2H3/q+1. The van der Waals surface area contributed by atoms with Gasteiger partial charge in [0.05, 0.1) is 6.61 Å². The number of ether oxygens (including phenoxy) is 2. The Labute approximate surface area is 71.2 Å². The molecule has 0 rings (SSSR count). The molecule has 4 heteroatoms. The Bertz CT molecular complexity index is 175. The summed E-state index contributed by atoms with van der Waals surface area (Å²) < 4.78 is 8.93. The molecule has 0 aliphatic carbocycles. The topological polar surface area (TPSA) is 52.6 Å². The normalized spacial score (nSPS) is 8.75. The van der Waals surface area contributed by atoms with Crippen LogP contribution in [-0.4, -0.2) is 25.2 Å². The molecule has 0 amide bonds. The lowest BCUT2D eigenvalue weighted by atomic mass is 10.3. The lowest BCUT2D eigenvalue weighted by molar-refractivity contribution is -0.146. The molecule has 12 heavy (non-hydrogen) atoms. The van der Waals surface area contributed by atoms with Gasteiger partial charge in [-0.15, -0.1) is 0 Å². The highest BCUT2D eigenvalue weighted by Gasteiger charge is 2.17. The van der Waals surface area contributed by atoms with Crippen molar-refractivity contribution in [3.63, 3.8) is 0 Å². The minimum absolute atomic E-state index is 0.0305. The molecule has 0 aromatic carbocycles. The molecule has 4 nitrogen and oxygen atoms in total. The van der Waals surface area contributed by atoms with E-state index in [1.165, 1.54) is 0 Å². The largest absolute Gasteiger partial charge is 0.462 e. The molecule has 66 valence electrons. The first-order valence-electron chi connectivity index (χ1n) is 3.45. The molecule has 0 aromatic rings. The Morgan fingerprint density at radius 2 is 1.83 bits per heavy atom. The fourth-order valence-electron chi connectivity index (χ4n) is 0.481. The van der Waals surface area contributed by atoms with Crippen molar-refractivity contribution in [2.75, 3.05) is 13.2 Å². The van der Waals surface area contributed by atoms with E-state index < -0.39 is 11.9 Å². The van der Waals surface area contributed by atoms with E-state index in [4.69, 9.17) is 0 Å². The molecule has 0 atom stereocenters. The Hall–Kier alpha value is -1.45. The van der Waals surface area contributed by atoms with Crippen LogP contribution in [0.5, 0.6) is 0 Å². The fourth-order valence-corrected chi connectivity index (χ4v) is 0.481. The van der Waals surface area contributed by atoms with Crippen LogP contribution >= 0.6 is 0 Å². The summed E-state index contributed by atoms with van der Waals surface area (Å²) in [5, 5.41) is 0. The molecular formula is C8H11O4+. The fraction of sp³-hybridized carbons (Fsp3) is 0.375. The maximum atomic E-state index is 10.8. The van der Waals surface area contributed by atoms with Crippen molar-refractivity contribution in [1.82, 2.24) is 0 Å². The Morgan fingerprint density at radius 1 is 1.33 bits per heavy atom. The van der Waals surface area contributed by atoms with Gasteiger partial charge in [0.25, 0.3) is 0 Å². The molecule has 0 unspecified atom stereocenters. The molecule has 0 N–H and O–H groups in total. The zero-order valence-corrected chi connectivity index (χ0v) is 6.96. The van der Waals surface area contributed by atoms with E-state index in [1.807, 2.05) is 0 Å². The summed E-state index contributed by atoms with van der Waals surface area (Å²) in [5.74, 6) is -1.54. The molecule has 0 radical (unpaired) electrons. The van der Waals surface area contributed by atoms with Crippen molar-refractivity contribution in [2.45, 2.75) is 6.92 Å². The van der Waals surface area contributed by atoms with E-state index in [2.05, 4.69) is 23.0 Å². The summed E-state index contributed by atoms with van der Waals surface area (Å²) >= 11 is 0. The quantitative estimate of drug-likeness (QED) is 0.203. The van der Waals surface area contributed by atoms with Crippen LogP contribution in [0.1, 0.15) is 6.92 Å². The molecule has 0 aliphatic rings. The minimum atomic E-state index is -0.788. The lowest BCUT2D eigenvalue weighted by Gasteiger charge is -2.02. The highest BCUT2D eigenvalue weighted by atomic mass is 16.6. The van der Waals surface area contributed by atoms with E-state index in [0.717, 1.165) is 0 Å². The van der Waals surface area contributed by atoms with Gasteiger partial charge in [-0.3, -0.25) is 0 Å². The summed E-state index contributed by atoms with van der Waals surface area (Å²) in [6.07, 6.45) is 0. The van der Waals surface area contributed by atoms with Gasteiger partial charge in [0.15, 0.2) is 0 Å². The summed E-state index contributed by atoms with van der Waals surface area (Å²) in [7, 11) is 0. The molecule has 0 heterocycles. The summed E-state index contributed by atoms with van der Waals surface area (Å²) in [5.41, 5.74) is -0.305. The van der Waals surface area contributed by atoms with E-state index in [-0.39, 0.29) is 18.8 Å². The first-order chi connectivity index (χ1) is 5.63. The van der Waals surface area contributed by atoms with Gasteiger partial charge < -0.3 is 9.47 Å². The van der Waals surface area contributed by atoms with Crippen LogP contribution in [0.4, 0.5) is 0 Å². The van der Waals surface area contributed by atoms with Crippen LogP contribution in [-0.2, 0) is 19.1 Å². The van der Waals surface area contributed by atoms with Gasteiger partial charge in [0.2, 0.25) is 6.61 Å². The maximum Gasteiger partial charge on any atom is 0.348 e. The Kier molecular flexibility index (Phi) is 4.60. The van der Waals surface area contributed by atoms with Crippen LogP contribution in [0.2, 0.25) is 0 Å². The van der Waals surface area contributed by atoms with E-state index in [0.29, 0.717) is 0 Å². The van der Waals surface area contributed by atoms with E-state index in [9.17, 15) is 9.59 Å². The van der Waals surface area contributed by atoms with E-state index >= 15 is 0 Å². The Balaban J connectivity index is 4.01. The zero-order chi connectivity index (χ0) is 9.56. The number of hydrogen-bond acceptors (Lipinski definition) is 4. The van der Waals surface area contributed by atoms with Gasteiger partial charge in [0, 0.05) is 0 Å². The highest BCUT2D eigenvalue weighted by molar-refractivity contribution is 6.13. The zero-order valence-electron chi connectivity index (χ0n) is 6.96. The first kappa shape index (κ1) is 10.6. The molecule has 0 fully saturated rings. The molecule has 0 saturated heterocycles. The average Bonchev–Trinajstić information content (AvgIpc) is 2.04. The number of carbonyl (C=O) groups is 2. The minimum Gasteiger partial charge on any atom is -0.462 e. The summed E-state index contributed by atoms with van der Waals surface area (Å²) in [4.78, 5) is 21.6. The molecule has 0 aliphatic heterocycles. The second kappa shape index (κ2) is 5.23. The third-order valence-corrected chi connectivity index (χ3v) is 1.00. The van der Waals surface area contributed by atoms with Crippen LogP contribution in [0.3, 0.4) is 0 Å². The van der Waals surface area contributed by atoms with Crippen molar-refractivity contribution < 1.29 is 19.1 Å².